The number of rotatable bonds is 9. The second kappa shape index (κ2) is 7.55. The lowest BCUT2D eigenvalue weighted by atomic mass is 10.1. The van der Waals surface area contributed by atoms with Gasteiger partial charge in [0, 0.05) is 13.1 Å². The highest BCUT2D eigenvalue weighted by molar-refractivity contribution is 5.53. The Hall–Kier alpha value is -1.42. The molecule has 0 aliphatic heterocycles. The van der Waals surface area contributed by atoms with Crippen LogP contribution in [0.15, 0.2) is 12.1 Å². The summed E-state index contributed by atoms with van der Waals surface area (Å²) < 4.78 is 16.2. The van der Waals surface area contributed by atoms with Gasteiger partial charge >= 0.3 is 0 Å². The molecule has 0 aromatic heterocycles. The van der Waals surface area contributed by atoms with Gasteiger partial charge in [0.1, 0.15) is 0 Å². The first kappa shape index (κ1) is 16.0. The van der Waals surface area contributed by atoms with Crippen LogP contribution in [0.1, 0.15) is 31.7 Å². The molecule has 0 atom stereocenters. The quantitative estimate of drug-likeness (QED) is 0.699. The molecule has 4 heteroatoms. The average Bonchev–Trinajstić information content (AvgIpc) is 3.30. The predicted molar refractivity (Wildman–Crippen MR) is 84.4 cm³/mol. The topological polar surface area (TPSA) is 30.9 Å². The third kappa shape index (κ3) is 4.27. The second-order valence-corrected chi connectivity index (χ2v) is 5.71. The van der Waals surface area contributed by atoms with E-state index in [1.807, 2.05) is 0 Å². The minimum atomic E-state index is 0.660. The van der Waals surface area contributed by atoms with Crippen molar-refractivity contribution in [1.29, 1.82) is 0 Å². The summed E-state index contributed by atoms with van der Waals surface area (Å²) in [6.07, 6.45) is 3.95. The molecule has 1 aliphatic rings. The van der Waals surface area contributed by atoms with Gasteiger partial charge < -0.3 is 14.2 Å². The summed E-state index contributed by atoms with van der Waals surface area (Å²) in [5, 5.41) is 0. The van der Waals surface area contributed by atoms with Crippen molar-refractivity contribution in [2.45, 2.75) is 32.7 Å². The molecule has 1 aromatic rings. The van der Waals surface area contributed by atoms with Crippen LogP contribution in [0.5, 0.6) is 17.2 Å². The Kier molecular flexibility index (Phi) is 5.74. The van der Waals surface area contributed by atoms with Crippen molar-refractivity contribution in [2.24, 2.45) is 5.92 Å². The summed E-state index contributed by atoms with van der Waals surface area (Å²) in [5.74, 6) is 3.02. The first-order chi connectivity index (χ1) is 10.2. The maximum Gasteiger partial charge on any atom is 0.203 e. The van der Waals surface area contributed by atoms with Gasteiger partial charge in [-0.05, 0) is 49.4 Å². The lowest BCUT2D eigenvalue weighted by molar-refractivity contribution is 0.253. The molecular formula is C17H27NO3. The molecule has 118 valence electrons. The fourth-order valence-electron chi connectivity index (χ4n) is 2.70. The number of hydrogen-bond acceptors (Lipinski definition) is 4. The van der Waals surface area contributed by atoms with Crippen molar-refractivity contribution in [3.63, 3.8) is 0 Å². The third-order valence-corrected chi connectivity index (χ3v) is 3.88. The highest BCUT2D eigenvalue weighted by atomic mass is 16.5. The van der Waals surface area contributed by atoms with E-state index in [1.54, 1.807) is 21.3 Å². The van der Waals surface area contributed by atoms with Gasteiger partial charge in [0.05, 0.1) is 21.3 Å². The maximum absolute atomic E-state index is 5.43. The van der Waals surface area contributed by atoms with Gasteiger partial charge in [0.2, 0.25) is 5.75 Å². The fraction of sp³-hybridized carbons (Fsp3) is 0.647. The van der Waals surface area contributed by atoms with Crippen LogP contribution in [-0.2, 0) is 6.54 Å². The number of methoxy groups -OCH3 is 3. The molecule has 1 aliphatic carbocycles. The van der Waals surface area contributed by atoms with Crippen LogP contribution in [0.3, 0.4) is 0 Å². The molecule has 0 unspecified atom stereocenters. The summed E-state index contributed by atoms with van der Waals surface area (Å²) in [6.45, 7) is 5.49. The molecule has 21 heavy (non-hydrogen) atoms. The molecule has 2 rings (SSSR count). The summed E-state index contributed by atoms with van der Waals surface area (Å²) in [7, 11) is 4.96. The number of nitrogens with zero attached hydrogens (tertiary/aromatic N) is 1. The Morgan fingerprint density at radius 1 is 1.05 bits per heavy atom. The molecule has 0 saturated heterocycles. The van der Waals surface area contributed by atoms with Gasteiger partial charge in [-0.2, -0.15) is 0 Å². The Morgan fingerprint density at radius 2 is 1.67 bits per heavy atom. The Balaban J connectivity index is 2.16. The van der Waals surface area contributed by atoms with Crippen LogP contribution in [0.2, 0.25) is 0 Å². The average molecular weight is 293 g/mol. The Bertz CT molecular complexity index is 432. The molecule has 4 nitrogen and oxygen atoms in total. The normalized spacial score (nSPS) is 14.3. The van der Waals surface area contributed by atoms with E-state index in [0.717, 1.165) is 30.5 Å². The zero-order chi connectivity index (χ0) is 15.2. The van der Waals surface area contributed by atoms with Crippen LogP contribution >= 0.6 is 0 Å². The number of benzene rings is 1. The zero-order valence-corrected chi connectivity index (χ0v) is 13.6. The van der Waals surface area contributed by atoms with E-state index in [2.05, 4.69) is 24.0 Å². The van der Waals surface area contributed by atoms with Gasteiger partial charge in [0.15, 0.2) is 11.5 Å². The van der Waals surface area contributed by atoms with Gasteiger partial charge in [-0.1, -0.05) is 6.92 Å². The summed E-state index contributed by atoms with van der Waals surface area (Å²) in [5.41, 5.74) is 1.21. The lowest BCUT2D eigenvalue weighted by Crippen LogP contribution is -2.26. The van der Waals surface area contributed by atoms with Crippen LogP contribution in [0, 0.1) is 5.92 Å². The van der Waals surface area contributed by atoms with E-state index in [1.165, 1.54) is 31.4 Å². The van der Waals surface area contributed by atoms with Gasteiger partial charge in [0.25, 0.3) is 0 Å². The first-order valence-electron chi connectivity index (χ1n) is 7.73. The third-order valence-electron chi connectivity index (χ3n) is 3.88. The van der Waals surface area contributed by atoms with Crippen molar-refractivity contribution >= 4 is 0 Å². The summed E-state index contributed by atoms with van der Waals surface area (Å²) in [4.78, 5) is 2.53. The van der Waals surface area contributed by atoms with Crippen molar-refractivity contribution in [3.05, 3.63) is 17.7 Å². The number of ether oxygens (including phenoxy) is 3. The fourth-order valence-corrected chi connectivity index (χ4v) is 2.70. The molecule has 1 saturated carbocycles. The minimum absolute atomic E-state index is 0.660. The smallest absolute Gasteiger partial charge is 0.203 e. The molecule has 1 fully saturated rings. The van der Waals surface area contributed by atoms with Gasteiger partial charge in [-0.25, -0.2) is 0 Å². The van der Waals surface area contributed by atoms with E-state index in [4.69, 9.17) is 14.2 Å². The molecule has 1 aromatic carbocycles. The second-order valence-electron chi connectivity index (χ2n) is 5.71. The minimum Gasteiger partial charge on any atom is -0.493 e. The molecule has 0 amide bonds. The van der Waals surface area contributed by atoms with Gasteiger partial charge in [-0.3, -0.25) is 4.90 Å². The van der Waals surface area contributed by atoms with E-state index in [-0.39, 0.29) is 0 Å². The molecule has 0 N–H and O–H groups in total. The van der Waals surface area contributed by atoms with E-state index in [9.17, 15) is 0 Å². The molecular weight excluding hydrogens is 266 g/mol. The zero-order valence-electron chi connectivity index (χ0n) is 13.6. The molecule has 0 radical (unpaired) electrons. The van der Waals surface area contributed by atoms with E-state index >= 15 is 0 Å². The lowest BCUT2D eigenvalue weighted by Gasteiger charge is -2.23. The molecule has 0 spiro atoms. The monoisotopic (exact) mass is 293 g/mol. The highest BCUT2D eigenvalue weighted by Gasteiger charge is 2.24. The Labute approximate surface area is 128 Å². The van der Waals surface area contributed by atoms with Gasteiger partial charge in [-0.15, -0.1) is 0 Å². The van der Waals surface area contributed by atoms with Crippen molar-refractivity contribution in [1.82, 2.24) is 4.90 Å². The molecule has 0 bridgehead atoms. The van der Waals surface area contributed by atoms with Crippen molar-refractivity contribution < 1.29 is 14.2 Å². The van der Waals surface area contributed by atoms with Crippen LogP contribution in [0.25, 0.3) is 0 Å². The van der Waals surface area contributed by atoms with Crippen LogP contribution in [-0.4, -0.2) is 39.3 Å². The maximum atomic E-state index is 5.43. The standard InChI is InChI=1S/C17H27NO3/c1-5-8-18(11-13-6-7-13)12-14-9-15(19-2)17(21-4)16(10-14)20-3/h9-10,13H,5-8,11-12H2,1-4H3. The van der Waals surface area contributed by atoms with E-state index in [0.29, 0.717) is 5.75 Å². The highest BCUT2D eigenvalue weighted by Crippen LogP contribution is 2.38. The van der Waals surface area contributed by atoms with E-state index < -0.39 is 0 Å². The Morgan fingerprint density at radius 3 is 2.10 bits per heavy atom. The largest absolute Gasteiger partial charge is 0.493 e. The predicted octanol–water partition coefficient (Wildman–Crippen LogP) is 3.33. The van der Waals surface area contributed by atoms with Crippen molar-refractivity contribution in [2.75, 3.05) is 34.4 Å². The van der Waals surface area contributed by atoms with Crippen molar-refractivity contribution in [3.8, 4) is 17.2 Å². The van der Waals surface area contributed by atoms with Crippen LogP contribution < -0.4 is 14.2 Å². The summed E-state index contributed by atoms with van der Waals surface area (Å²) >= 11 is 0. The summed E-state index contributed by atoms with van der Waals surface area (Å²) in [6, 6.07) is 4.10. The SMILES string of the molecule is CCCN(Cc1cc(OC)c(OC)c(OC)c1)CC1CC1. The number of hydrogen-bond donors (Lipinski definition) is 0. The van der Waals surface area contributed by atoms with Crippen LogP contribution in [0.4, 0.5) is 0 Å². The molecule has 0 heterocycles. The first-order valence-corrected chi connectivity index (χ1v) is 7.73.